The maximum absolute atomic E-state index is 14.3. The van der Waals surface area contributed by atoms with Crippen molar-refractivity contribution < 1.29 is 33.0 Å². The highest BCUT2D eigenvalue weighted by atomic mass is 32.5. The zero-order valence-corrected chi connectivity index (χ0v) is 22.8. The van der Waals surface area contributed by atoms with Crippen molar-refractivity contribution >= 4 is 21.8 Å². The van der Waals surface area contributed by atoms with Crippen molar-refractivity contribution in [1.29, 1.82) is 5.26 Å². The van der Waals surface area contributed by atoms with Gasteiger partial charge in [0.05, 0.1) is 5.54 Å². The molecule has 1 saturated carbocycles. The highest BCUT2D eigenvalue weighted by Gasteiger charge is 2.65. The third-order valence-corrected chi connectivity index (χ3v) is 9.64. The molecule has 14 heteroatoms. The lowest BCUT2D eigenvalue weighted by Crippen LogP contribution is -2.59. The fourth-order valence-electron chi connectivity index (χ4n) is 6.32. The van der Waals surface area contributed by atoms with Gasteiger partial charge in [-0.25, -0.2) is 8.78 Å². The quantitative estimate of drug-likeness (QED) is 0.271. The topological polar surface area (TPSA) is 72.3 Å². The Kier molecular flexibility index (Phi) is 6.81. The van der Waals surface area contributed by atoms with Crippen LogP contribution >= 0.6 is 10.2 Å². The van der Waals surface area contributed by atoms with Crippen molar-refractivity contribution in [3.05, 3.63) is 53.9 Å². The molecule has 1 aliphatic heterocycles. The number of fused-ring (bicyclic) bond motifs is 1. The summed E-state index contributed by atoms with van der Waals surface area (Å²) in [6.07, 6.45) is 6.61. The van der Waals surface area contributed by atoms with Crippen molar-refractivity contribution in [2.75, 3.05) is 18.0 Å². The number of nitrogens with one attached hydrogen (secondary N) is 1. The molecule has 1 aromatic heterocycles. The highest BCUT2D eigenvalue weighted by Crippen LogP contribution is 3.02. The first-order valence-corrected chi connectivity index (χ1v) is 15.4. The number of amides is 1. The highest BCUT2D eigenvalue weighted by molar-refractivity contribution is 8.45. The lowest BCUT2D eigenvalue weighted by atomic mass is 9.86. The molecule has 2 aliphatic carbocycles. The van der Waals surface area contributed by atoms with Crippen molar-refractivity contribution in [2.45, 2.75) is 79.8 Å². The van der Waals surface area contributed by atoms with Gasteiger partial charge in [-0.1, -0.05) is 19.4 Å². The van der Waals surface area contributed by atoms with E-state index in [1.165, 1.54) is 9.80 Å². The monoisotopic (exact) mass is 605 g/mol. The van der Waals surface area contributed by atoms with Crippen LogP contribution in [0.1, 0.15) is 56.1 Å². The molecule has 5 rings (SSSR count). The third kappa shape index (κ3) is 5.83. The summed E-state index contributed by atoms with van der Waals surface area (Å²) in [5, 5.41) is 13.0. The molecule has 0 bridgehead atoms. The van der Waals surface area contributed by atoms with E-state index in [9.17, 15) is 38.3 Å². The Morgan fingerprint density at radius 2 is 1.76 bits per heavy atom. The van der Waals surface area contributed by atoms with Gasteiger partial charge >= 0.3 is 10.2 Å². The molecule has 0 spiro atoms. The van der Waals surface area contributed by atoms with Gasteiger partial charge < -0.3 is 5.32 Å². The van der Waals surface area contributed by atoms with Crippen LogP contribution in [-0.4, -0.2) is 46.9 Å². The molecule has 2 heterocycles. The minimum absolute atomic E-state index is 0.0425. The predicted octanol–water partition coefficient (Wildman–Crippen LogP) is 7.03. The van der Waals surface area contributed by atoms with E-state index in [1.54, 1.807) is 18.5 Å². The van der Waals surface area contributed by atoms with Crippen LogP contribution in [0, 0.1) is 11.5 Å². The summed E-state index contributed by atoms with van der Waals surface area (Å²) in [4.78, 5) is 19.1. The summed E-state index contributed by atoms with van der Waals surface area (Å²) in [6, 6.07) is 2.84. The third-order valence-electron chi connectivity index (χ3n) is 8.48. The van der Waals surface area contributed by atoms with E-state index in [0.717, 1.165) is 17.7 Å². The van der Waals surface area contributed by atoms with Gasteiger partial charge in [-0.05, 0) is 74.4 Å². The maximum Gasteiger partial charge on any atom is 0.310 e. The van der Waals surface area contributed by atoms with Crippen molar-refractivity contribution in [3.63, 3.8) is 0 Å². The van der Waals surface area contributed by atoms with Crippen molar-refractivity contribution in [3.8, 4) is 6.19 Å². The normalized spacial score (nSPS) is 26.1. The Bertz CT molecular complexity index is 1360. The summed E-state index contributed by atoms with van der Waals surface area (Å²) in [7, 11) is -9.98. The number of hydrogen-bond donors (Lipinski definition) is 1. The molecule has 1 unspecified atom stereocenters. The van der Waals surface area contributed by atoms with Crippen LogP contribution in [0.15, 0.2) is 47.6 Å². The minimum atomic E-state index is -9.98. The van der Waals surface area contributed by atoms with Crippen LogP contribution in [0.25, 0.3) is 0 Å². The molecule has 1 saturated heterocycles. The molecule has 1 N–H and O–H groups in total. The van der Waals surface area contributed by atoms with Crippen molar-refractivity contribution in [1.82, 2.24) is 15.2 Å². The molecule has 1 aromatic carbocycles. The molecule has 2 fully saturated rings. The van der Waals surface area contributed by atoms with Gasteiger partial charge in [0.15, 0.2) is 6.19 Å². The number of pyridine rings is 1. The molecular formula is C27H30F7N5OS. The second kappa shape index (κ2) is 9.49. The molecule has 41 heavy (non-hydrogen) atoms. The lowest BCUT2D eigenvalue weighted by Gasteiger charge is -2.45. The van der Waals surface area contributed by atoms with Crippen LogP contribution in [0.3, 0.4) is 0 Å². The Balaban J connectivity index is 1.60. The van der Waals surface area contributed by atoms with E-state index in [0.29, 0.717) is 37.8 Å². The summed E-state index contributed by atoms with van der Waals surface area (Å²) in [6.45, 7) is 0.389. The van der Waals surface area contributed by atoms with E-state index in [2.05, 4.69) is 10.3 Å². The van der Waals surface area contributed by atoms with E-state index < -0.39 is 38.5 Å². The molecular weight excluding hydrogens is 575 g/mol. The Hall–Kier alpha value is -3.05. The Labute approximate surface area is 233 Å². The number of anilines is 1. The number of likely N-dealkylation sites (tertiary alicyclic amines) is 1. The molecule has 1 amide bonds. The molecule has 0 radical (unpaired) electrons. The number of alkyl halides is 2. The largest absolute Gasteiger partial charge is 0.311 e. The average Bonchev–Trinajstić information content (AvgIpc) is 3.53. The Morgan fingerprint density at radius 3 is 2.39 bits per heavy atom. The summed E-state index contributed by atoms with van der Waals surface area (Å²) in [5.41, 5.74) is 0.210. The van der Waals surface area contributed by atoms with Gasteiger partial charge in [-0.15, -0.1) is 0 Å². The van der Waals surface area contributed by atoms with Crippen LogP contribution < -0.4 is 10.2 Å². The maximum atomic E-state index is 14.3. The summed E-state index contributed by atoms with van der Waals surface area (Å²) < 4.78 is 95.3. The number of halogens is 7. The van der Waals surface area contributed by atoms with Crippen LogP contribution in [0.5, 0.6) is 0 Å². The van der Waals surface area contributed by atoms with Gasteiger partial charge in [-0.2, -0.15) is 5.26 Å². The van der Waals surface area contributed by atoms with Gasteiger partial charge in [0.25, 0.3) is 5.91 Å². The number of hydrogen-bond acceptors (Lipinski definition) is 5. The predicted molar refractivity (Wildman–Crippen MR) is 140 cm³/mol. The fraction of sp³-hybridized carbons (Fsp3) is 0.519. The Morgan fingerprint density at radius 1 is 1.07 bits per heavy atom. The van der Waals surface area contributed by atoms with Crippen LogP contribution in [0.4, 0.5) is 33.9 Å². The fourth-order valence-corrected chi connectivity index (χ4v) is 6.97. The molecule has 6 nitrogen and oxygen atoms in total. The van der Waals surface area contributed by atoms with Gasteiger partial charge in [0.2, 0.25) is 5.92 Å². The smallest absolute Gasteiger partial charge is 0.310 e. The molecule has 2 atom stereocenters. The second-order valence-electron chi connectivity index (χ2n) is 11.2. The zero-order valence-electron chi connectivity index (χ0n) is 22.0. The van der Waals surface area contributed by atoms with E-state index >= 15 is 0 Å². The van der Waals surface area contributed by atoms with Crippen LogP contribution in [0.2, 0.25) is 0 Å². The number of carbonyl (C=O) groups excluding carboxylic acids is 1. The van der Waals surface area contributed by atoms with Crippen LogP contribution in [-0.2, 0) is 16.8 Å². The number of benzene rings is 1. The summed E-state index contributed by atoms with van der Waals surface area (Å²) in [5.74, 6) is -3.31. The number of rotatable bonds is 7. The number of nitrogens with zero attached hydrogens (tertiary/aromatic N) is 4. The van der Waals surface area contributed by atoms with Crippen molar-refractivity contribution in [2.24, 2.45) is 0 Å². The van der Waals surface area contributed by atoms with Gasteiger partial charge in [0.1, 0.15) is 10.9 Å². The first-order chi connectivity index (χ1) is 19.0. The number of aromatic nitrogens is 1. The first-order valence-electron chi connectivity index (χ1n) is 13.4. The average molecular weight is 606 g/mol. The van der Waals surface area contributed by atoms with E-state index in [-0.39, 0.29) is 56.1 Å². The van der Waals surface area contributed by atoms with E-state index in [1.807, 2.05) is 6.19 Å². The molecule has 224 valence electrons. The van der Waals surface area contributed by atoms with Gasteiger partial charge in [-0.3, -0.25) is 19.6 Å². The second-order valence-corrected chi connectivity index (χ2v) is 13.6. The summed E-state index contributed by atoms with van der Waals surface area (Å²) >= 11 is 0. The zero-order chi connectivity index (χ0) is 29.7. The molecule has 2 aromatic rings. The van der Waals surface area contributed by atoms with Gasteiger partial charge in [0, 0.05) is 55.6 Å². The lowest BCUT2D eigenvalue weighted by molar-refractivity contribution is -0.123. The first kappa shape index (κ1) is 29.4. The SMILES string of the molecule is N#CN1CCC[C@@H]1C(=O)N(c1ccc(S(F)(F)(F)(F)F)cc1)C1(CNC2CCC(F)(F)CC2)CCc2ccncc21. The number of aryl methyl sites for hydroxylation is 1. The number of carbonyl (C=O) groups is 1. The minimum Gasteiger partial charge on any atom is -0.311 e. The number of nitriles is 1. The standard InChI is InChI=1S/C27H30F7N5OS/c28-27(29)12-8-20(9-13-27)37-17-26(11-7-19-10-14-36-16-23(19)26)39(25(40)24-2-1-15-38(24)18-35)21-3-5-22(6-4-21)41(30,31,32,33)34/h3-6,10,14,16,20,24,37H,1-2,7-9,11-13,15,17H2/t24-,26?/m1/s1. The van der Waals surface area contributed by atoms with E-state index in [4.69, 9.17) is 0 Å². The molecule has 3 aliphatic rings.